The molecule has 0 amide bonds. The minimum atomic E-state index is -1.10. The first kappa shape index (κ1) is 9.07. The molecule has 1 aromatic carbocycles. The number of carboxylic acid groups (broad SMARTS) is 1. The van der Waals surface area contributed by atoms with Gasteiger partial charge in [0.15, 0.2) is 5.69 Å². The molecule has 0 bridgehead atoms. The predicted octanol–water partition coefficient (Wildman–Crippen LogP) is 1.94. The topological polar surface area (TPSA) is 50.9 Å². The number of carboxylic acids is 1. The van der Waals surface area contributed by atoms with Crippen molar-refractivity contribution in [3.63, 3.8) is 0 Å². The number of rotatable bonds is 2. The molecule has 0 saturated heterocycles. The van der Waals surface area contributed by atoms with Crippen LogP contribution in [0.15, 0.2) is 18.2 Å². The molecule has 0 spiro atoms. The molecule has 0 aromatic heterocycles. The molecule has 0 radical (unpaired) electrons. The third-order valence-corrected chi connectivity index (χ3v) is 1.54. The van der Waals surface area contributed by atoms with Crippen molar-refractivity contribution in [3.8, 4) is 5.75 Å². The Balaban J connectivity index is 3.28. The Kier molecular flexibility index (Phi) is 2.50. The zero-order valence-corrected chi connectivity index (χ0v) is 6.94. The number of ether oxygens (including phenoxy) is 1. The van der Waals surface area contributed by atoms with E-state index >= 15 is 0 Å². The van der Waals surface area contributed by atoms with Crippen LogP contribution in [-0.4, -0.2) is 18.2 Å². The summed E-state index contributed by atoms with van der Waals surface area (Å²) in [4.78, 5) is 13.8. The lowest BCUT2D eigenvalue weighted by atomic mass is 10.2. The summed E-state index contributed by atoms with van der Waals surface area (Å²) in [6, 6.07) is 4.27. The van der Waals surface area contributed by atoms with Gasteiger partial charge in [0, 0.05) is 0 Å². The molecule has 0 aliphatic heterocycles. The second-order valence-corrected chi connectivity index (χ2v) is 2.30. The standard InChI is InChI=1S/C9H7NO3/c1-10-6-3-4-8(13-2)7(5-6)9(11)12/h3-5H,2H3,(H,11,12). The highest BCUT2D eigenvalue weighted by Crippen LogP contribution is 2.23. The zero-order valence-electron chi connectivity index (χ0n) is 6.94. The van der Waals surface area contributed by atoms with Gasteiger partial charge in [-0.1, -0.05) is 6.07 Å². The van der Waals surface area contributed by atoms with E-state index in [2.05, 4.69) is 4.85 Å². The first-order valence-electron chi connectivity index (χ1n) is 3.48. The van der Waals surface area contributed by atoms with Crippen molar-refractivity contribution in [2.75, 3.05) is 7.11 Å². The Morgan fingerprint density at radius 2 is 2.31 bits per heavy atom. The SMILES string of the molecule is [C-]#[N+]c1ccc(OC)c(C(=O)O)c1. The lowest BCUT2D eigenvalue weighted by Gasteiger charge is -2.03. The van der Waals surface area contributed by atoms with Crippen molar-refractivity contribution in [3.05, 3.63) is 35.2 Å². The molecule has 4 heteroatoms. The fourth-order valence-corrected chi connectivity index (χ4v) is 0.933. The highest BCUT2D eigenvalue weighted by molar-refractivity contribution is 5.92. The second kappa shape index (κ2) is 3.59. The minimum Gasteiger partial charge on any atom is -0.496 e. The van der Waals surface area contributed by atoms with Crippen LogP contribution in [-0.2, 0) is 0 Å². The van der Waals surface area contributed by atoms with Gasteiger partial charge in [-0.2, -0.15) is 0 Å². The quantitative estimate of drug-likeness (QED) is 0.702. The molecule has 0 saturated carbocycles. The van der Waals surface area contributed by atoms with Crippen molar-refractivity contribution in [2.24, 2.45) is 0 Å². The van der Waals surface area contributed by atoms with E-state index in [4.69, 9.17) is 16.4 Å². The molecule has 0 aliphatic rings. The number of methoxy groups -OCH3 is 1. The van der Waals surface area contributed by atoms with E-state index in [1.165, 1.54) is 25.3 Å². The highest BCUT2D eigenvalue weighted by Gasteiger charge is 2.10. The van der Waals surface area contributed by atoms with Gasteiger partial charge in [0.05, 0.1) is 19.2 Å². The summed E-state index contributed by atoms with van der Waals surface area (Å²) in [7, 11) is 1.39. The summed E-state index contributed by atoms with van der Waals surface area (Å²) >= 11 is 0. The maximum absolute atomic E-state index is 10.7. The number of hydrogen-bond acceptors (Lipinski definition) is 2. The van der Waals surface area contributed by atoms with Gasteiger partial charge in [-0.15, -0.1) is 0 Å². The van der Waals surface area contributed by atoms with Crippen molar-refractivity contribution >= 4 is 11.7 Å². The second-order valence-electron chi connectivity index (χ2n) is 2.30. The van der Waals surface area contributed by atoms with Crippen molar-refractivity contribution in [2.45, 2.75) is 0 Å². The van der Waals surface area contributed by atoms with Crippen LogP contribution in [0.2, 0.25) is 0 Å². The fourth-order valence-electron chi connectivity index (χ4n) is 0.933. The summed E-state index contributed by atoms with van der Waals surface area (Å²) < 4.78 is 4.82. The Bertz CT molecular complexity index is 379. The number of benzene rings is 1. The molecule has 66 valence electrons. The van der Waals surface area contributed by atoms with Crippen LogP contribution in [0, 0.1) is 6.57 Å². The van der Waals surface area contributed by atoms with Gasteiger partial charge < -0.3 is 9.84 Å². The van der Waals surface area contributed by atoms with Crippen LogP contribution in [0.3, 0.4) is 0 Å². The van der Waals surface area contributed by atoms with Crippen molar-refractivity contribution < 1.29 is 14.6 Å². The molecule has 1 N–H and O–H groups in total. The van der Waals surface area contributed by atoms with Crippen molar-refractivity contribution in [1.82, 2.24) is 0 Å². The molecule has 0 fully saturated rings. The van der Waals surface area contributed by atoms with Gasteiger partial charge >= 0.3 is 5.97 Å². The molecule has 13 heavy (non-hydrogen) atoms. The predicted molar refractivity (Wildman–Crippen MR) is 46.2 cm³/mol. The van der Waals surface area contributed by atoms with E-state index in [0.717, 1.165) is 0 Å². The number of nitrogens with zero attached hydrogens (tertiary/aromatic N) is 1. The zero-order chi connectivity index (χ0) is 9.84. The van der Waals surface area contributed by atoms with Crippen LogP contribution < -0.4 is 4.74 Å². The number of carbonyl (C=O) groups is 1. The summed E-state index contributed by atoms with van der Waals surface area (Å²) in [5, 5.41) is 8.73. The molecule has 0 atom stereocenters. The third kappa shape index (κ3) is 1.76. The number of aromatic carboxylic acids is 1. The van der Waals surface area contributed by atoms with E-state index in [1.54, 1.807) is 0 Å². The van der Waals surface area contributed by atoms with Crippen LogP contribution in [0.1, 0.15) is 10.4 Å². The van der Waals surface area contributed by atoms with E-state index in [1.807, 2.05) is 0 Å². The highest BCUT2D eigenvalue weighted by atomic mass is 16.5. The van der Waals surface area contributed by atoms with Crippen molar-refractivity contribution in [1.29, 1.82) is 0 Å². The Hall–Kier alpha value is -2.02. The van der Waals surface area contributed by atoms with Gasteiger partial charge in [-0.3, -0.25) is 0 Å². The average molecular weight is 177 g/mol. The molecular formula is C9H7NO3. The molecule has 4 nitrogen and oxygen atoms in total. The van der Waals surface area contributed by atoms with E-state index in [9.17, 15) is 4.79 Å². The molecular weight excluding hydrogens is 170 g/mol. The summed E-state index contributed by atoms with van der Waals surface area (Å²) in [5.74, 6) is -0.831. The number of hydrogen-bond donors (Lipinski definition) is 1. The largest absolute Gasteiger partial charge is 0.496 e. The summed E-state index contributed by atoms with van der Waals surface area (Å²) in [5.41, 5.74) is 0.300. The normalized spacial score (nSPS) is 8.92. The molecule has 0 unspecified atom stereocenters. The lowest BCUT2D eigenvalue weighted by molar-refractivity contribution is 0.0693. The maximum Gasteiger partial charge on any atom is 0.338 e. The first-order valence-corrected chi connectivity index (χ1v) is 3.48. The van der Waals surface area contributed by atoms with E-state index < -0.39 is 5.97 Å². The van der Waals surface area contributed by atoms with Crippen LogP contribution in [0.5, 0.6) is 5.75 Å². The average Bonchev–Trinajstić information content (AvgIpc) is 2.16. The van der Waals surface area contributed by atoms with Gasteiger partial charge in [-0.25, -0.2) is 9.64 Å². The molecule has 0 heterocycles. The van der Waals surface area contributed by atoms with Crippen LogP contribution >= 0.6 is 0 Å². The van der Waals surface area contributed by atoms with Crippen LogP contribution in [0.4, 0.5) is 5.69 Å². The lowest BCUT2D eigenvalue weighted by Crippen LogP contribution is -1.99. The summed E-state index contributed by atoms with van der Waals surface area (Å²) in [6.07, 6.45) is 0. The van der Waals surface area contributed by atoms with Crippen LogP contribution in [0.25, 0.3) is 4.85 Å². The molecule has 1 rings (SSSR count). The molecule has 1 aromatic rings. The summed E-state index contributed by atoms with van der Waals surface area (Å²) in [6.45, 7) is 6.70. The van der Waals surface area contributed by atoms with Gasteiger partial charge in [0.25, 0.3) is 0 Å². The Morgan fingerprint density at radius 1 is 1.62 bits per heavy atom. The Labute approximate surface area is 75.2 Å². The van der Waals surface area contributed by atoms with Gasteiger partial charge in [-0.05, 0) is 12.1 Å². The fraction of sp³-hybridized carbons (Fsp3) is 0.111. The van der Waals surface area contributed by atoms with E-state index in [0.29, 0.717) is 5.69 Å². The maximum atomic E-state index is 10.7. The first-order chi connectivity index (χ1) is 6.19. The minimum absolute atomic E-state index is 0.0102. The van der Waals surface area contributed by atoms with E-state index in [-0.39, 0.29) is 11.3 Å². The molecule has 0 aliphatic carbocycles. The Morgan fingerprint density at radius 3 is 2.77 bits per heavy atom. The van der Waals surface area contributed by atoms with Gasteiger partial charge in [0.1, 0.15) is 5.75 Å². The third-order valence-electron chi connectivity index (χ3n) is 1.54. The monoisotopic (exact) mass is 177 g/mol. The van der Waals surface area contributed by atoms with Gasteiger partial charge in [0.2, 0.25) is 0 Å². The smallest absolute Gasteiger partial charge is 0.338 e.